The van der Waals surface area contributed by atoms with Crippen LogP contribution < -0.4 is 30.6 Å². The van der Waals surface area contributed by atoms with Crippen molar-refractivity contribution < 1.29 is 73.2 Å². The Hall–Kier alpha value is -7.58. The van der Waals surface area contributed by atoms with E-state index in [4.69, 9.17) is 39.3 Å². The molecule has 6 aromatic carbocycles. The minimum absolute atomic E-state index is 0. The number of hydrogen-bond donors (Lipinski definition) is 4. The normalized spacial score (nSPS) is 11.5. The van der Waals surface area contributed by atoms with Crippen LogP contribution in [-0.2, 0) is 77.9 Å². The smallest absolute Gasteiger partial charge is 0.329 e. The number of carboxylic acids is 1. The Bertz CT molecular complexity index is 3820. The summed E-state index contributed by atoms with van der Waals surface area (Å²) in [7, 11) is -2.02. The summed E-state index contributed by atoms with van der Waals surface area (Å²) >= 11 is 0. The lowest BCUT2D eigenvalue weighted by Gasteiger charge is -2.20. The van der Waals surface area contributed by atoms with E-state index in [1.165, 1.54) is 42.4 Å². The van der Waals surface area contributed by atoms with Crippen LogP contribution in [-0.4, -0.2) is 236 Å². The number of carboxylic acid groups (broad SMARTS) is 1. The average Bonchev–Trinajstić information content (AvgIpc) is 0.797. The second-order valence-corrected chi connectivity index (χ2v) is 31.3. The monoisotopic (exact) mass is 1550 g/mol. The third kappa shape index (κ3) is 32.3. The highest BCUT2D eigenvalue weighted by Gasteiger charge is 2.28. The van der Waals surface area contributed by atoms with E-state index in [1.54, 1.807) is 92.2 Å². The van der Waals surface area contributed by atoms with Gasteiger partial charge in [-0.2, -0.15) is 12.9 Å². The SMILES string of the molecule is C.CCN(CC)CCc1cccc(N)c1.CCN(CC)CCc1cccc(NC(=O)COCCN(C)S(=O)(=O)c2c(C)cc(OC)cc2C)c1.CCN(CC)CCc1cccc(NC(=O)COCCN(C)S(=O)(=O)c2c(C)cc(OC)cc2C)c1.COc1cc(C)c(S(=O)(=O)N(C)CCOCC(=O)O)c(C)c1. The molecule has 0 heterocycles. The number of benzene rings is 6. The van der Waals surface area contributed by atoms with Crippen molar-refractivity contribution in [2.24, 2.45) is 0 Å². The first-order valence-corrected chi connectivity index (χ1v) is 40.1. The molecule has 28 heteroatoms. The predicted octanol–water partition coefficient (Wildman–Crippen LogP) is 10.8. The van der Waals surface area contributed by atoms with Crippen molar-refractivity contribution in [1.29, 1.82) is 0 Å². The van der Waals surface area contributed by atoms with Crippen LogP contribution in [0.4, 0.5) is 17.1 Å². The Morgan fingerprint density at radius 2 is 0.664 bits per heavy atom. The van der Waals surface area contributed by atoms with Gasteiger partial charge in [0.25, 0.3) is 0 Å². The van der Waals surface area contributed by atoms with Gasteiger partial charge in [-0.15, -0.1) is 0 Å². The van der Waals surface area contributed by atoms with Crippen LogP contribution in [0.5, 0.6) is 17.2 Å². The van der Waals surface area contributed by atoms with Crippen LogP contribution >= 0.6 is 0 Å². The van der Waals surface area contributed by atoms with E-state index in [1.807, 2.05) is 48.5 Å². The molecule has 0 saturated carbocycles. The van der Waals surface area contributed by atoms with E-state index in [0.29, 0.717) is 50.6 Å². The van der Waals surface area contributed by atoms with Crippen LogP contribution in [0.1, 0.15) is 99.0 Å². The number of likely N-dealkylation sites (N-methyl/N-ethyl adjacent to an activating group) is 6. The molecule has 25 nitrogen and oxygen atoms in total. The van der Waals surface area contributed by atoms with Gasteiger partial charge in [0, 0.05) is 77.5 Å². The Kier molecular flexibility index (Phi) is 43.5. The number of aryl methyl sites for hydroxylation is 6. The molecular formula is C79H123N9O16S3. The van der Waals surface area contributed by atoms with Crippen LogP contribution in [0.3, 0.4) is 0 Å². The molecule has 0 aliphatic carbocycles. The van der Waals surface area contributed by atoms with Crippen LogP contribution in [0.25, 0.3) is 0 Å². The van der Waals surface area contributed by atoms with E-state index < -0.39 is 42.6 Å². The number of nitrogen functional groups attached to an aromatic ring is 1. The fraction of sp³-hybridized carbons (Fsp3) is 0.506. The average molecular weight is 1550 g/mol. The Morgan fingerprint density at radius 3 is 0.916 bits per heavy atom. The number of ether oxygens (including phenoxy) is 6. The van der Waals surface area contributed by atoms with E-state index in [9.17, 15) is 39.6 Å². The van der Waals surface area contributed by atoms with Gasteiger partial charge in [0.1, 0.15) is 37.1 Å². The summed E-state index contributed by atoms with van der Waals surface area (Å²) in [5.74, 6) is 0.181. The summed E-state index contributed by atoms with van der Waals surface area (Å²) < 4.78 is 112. The molecule has 0 aliphatic heterocycles. The first-order chi connectivity index (χ1) is 50.2. The number of anilines is 3. The van der Waals surface area contributed by atoms with E-state index in [-0.39, 0.29) is 86.6 Å². The van der Waals surface area contributed by atoms with Crippen molar-refractivity contribution in [3.63, 3.8) is 0 Å². The lowest BCUT2D eigenvalue weighted by molar-refractivity contribution is -0.142. The van der Waals surface area contributed by atoms with Crippen molar-refractivity contribution >= 4 is 64.9 Å². The largest absolute Gasteiger partial charge is 0.497 e. The fourth-order valence-corrected chi connectivity index (χ4v) is 16.1. The number of amides is 2. The summed E-state index contributed by atoms with van der Waals surface area (Å²) in [4.78, 5) is 42.8. The number of nitrogens with one attached hydrogen (secondary N) is 2. The first kappa shape index (κ1) is 95.5. The van der Waals surface area contributed by atoms with Gasteiger partial charge in [0.05, 0.1) is 55.8 Å². The number of nitrogens with two attached hydrogens (primary N) is 1. The number of carbonyl (C=O) groups excluding carboxylic acids is 2. The van der Waals surface area contributed by atoms with E-state index in [0.717, 1.165) is 111 Å². The summed E-state index contributed by atoms with van der Waals surface area (Å²) in [5.41, 5.74) is 15.3. The van der Waals surface area contributed by atoms with Gasteiger partial charge in [-0.25, -0.2) is 30.0 Å². The lowest BCUT2D eigenvalue weighted by atomic mass is 10.1. The molecule has 5 N–H and O–H groups in total. The number of sulfonamides is 3. The molecule has 0 bridgehead atoms. The second kappa shape index (κ2) is 48.8. The van der Waals surface area contributed by atoms with Gasteiger partial charge in [0.15, 0.2) is 0 Å². The quantitative estimate of drug-likeness (QED) is 0.0205. The Labute approximate surface area is 640 Å². The van der Waals surface area contributed by atoms with E-state index in [2.05, 4.69) is 91.1 Å². The number of carbonyl (C=O) groups is 3. The van der Waals surface area contributed by atoms with E-state index >= 15 is 0 Å². The van der Waals surface area contributed by atoms with Crippen molar-refractivity contribution in [2.75, 3.05) is 177 Å². The molecule has 0 aliphatic rings. The lowest BCUT2D eigenvalue weighted by Crippen LogP contribution is -2.32. The number of nitrogens with zero attached hydrogens (tertiary/aromatic N) is 6. The zero-order valence-electron chi connectivity index (χ0n) is 65.8. The summed E-state index contributed by atoms with van der Waals surface area (Å²) in [5, 5.41) is 14.2. The summed E-state index contributed by atoms with van der Waals surface area (Å²) in [6.07, 6.45) is 2.92. The Balaban J connectivity index is 0.000000507. The van der Waals surface area contributed by atoms with Crippen molar-refractivity contribution in [3.05, 3.63) is 159 Å². The van der Waals surface area contributed by atoms with Crippen molar-refractivity contribution in [2.45, 2.75) is 124 Å². The zero-order valence-corrected chi connectivity index (χ0v) is 68.2. The highest BCUT2D eigenvalue weighted by Crippen LogP contribution is 2.31. The summed E-state index contributed by atoms with van der Waals surface area (Å²) in [6.45, 7) is 32.5. The molecular weight excluding hydrogens is 1430 g/mol. The summed E-state index contributed by atoms with van der Waals surface area (Å²) in [6, 6.07) is 33.9. The maximum Gasteiger partial charge on any atom is 0.329 e. The minimum Gasteiger partial charge on any atom is -0.497 e. The highest BCUT2D eigenvalue weighted by molar-refractivity contribution is 7.89. The molecule has 6 aromatic rings. The third-order valence-corrected chi connectivity index (χ3v) is 24.1. The molecule has 0 atom stereocenters. The van der Waals surface area contributed by atoms with Gasteiger partial charge in [-0.05, 0) is 223 Å². The molecule has 598 valence electrons. The topological polar surface area (TPSA) is 299 Å². The maximum atomic E-state index is 13.1. The van der Waals surface area contributed by atoms with Crippen molar-refractivity contribution in [1.82, 2.24) is 27.6 Å². The number of hydrogen-bond acceptors (Lipinski definition) is 19. The van der Waals surface area contributed by atoms with Crippen LogP contribution in [0.15, 0.2) is 124 Å². The maximum absolute atomic E-state index is 13.1. The van der Waals surface area contributed by atoms with Crippen LogP contribution in [0.2, 0.25) is 0 Å². The van der Waals surface area contributed by atoms with Gasteiger partial charge in [-0.3, -0.25) is 9.59 Å². The number of methoxy groups -OCH3 is 3. The Morgan fingerprint density at radius 1 is 0.402 bits per heavy atom. The first-order valence-electron chi connectivity index (χ1n) is 35.8. The number of aliphatic carboxylic acids is 1. The number of rotatable bonds is 41. The molecule has 0 spiro atoms. The molecule has 0 saturated heterocycles. The fourth-order valence-electron chi connectivity index (χ4n) is 11.4. The van der Waals surface area contributed by atoms with Crippen LogP contribution in [0, 0.1) is 41.5 Å². The molecule has 0 unspecified atom stereocenters. The predicted molar refractivity (Wildman–Crippen MR) is 429 cm³/mol. The van der Waals surface area contributed by atoms with Gasteiger partial charge < -0.3 is 64.6 Å². The highest BCUT2D eigenvalue weighted by atomic mass is 32.2. The molecule has 0 aromatic heterocycles. The molecule has 0 radical (unpaired) electrons. The molecule has 2 amide bonds. The molecule has 107 heavy (non-hydrogen) atoms. The minimum atomic E-state index is -3.70. The van der Waals surface area contributed by atoms with Gasteiger partial charge in [-0.1, -0.05) is 85.4 Å². The standard InChI is InChI=1S/2C26H39N3O5S.C14H21NO6S.C12H20N2.CH4/c2*1-7-29(8-2)13-12-22-10-9-11-23(18-22)27-25(30)19-34-15-14-28(5)35(31,32)26-20(3)16-24(33-6)17-21(26)4;1-10-7-12(20-4)8-11(2)14(10)22(18,19)15(3)5-6-21-9-13(16)17;1-3-14(4-2)9-8-11-6-5-7-12(13)10-11;/h2*9-11,16-18H,7-8,12-15,19H2,1-6H3,(H,27,30);7-8H,5-6,9H2,1-4H3,(H,16,17);5-7,10H,3-4,8-9,13H2,1-2H3;1H4. The molecule has 6 rings (SSSR count). The van der Waals surface area contributed by atoms with Gasteiger partial charge in [0.2, 0.25) is 41.9 Å². The third-order valence-electron chi connectivity index (χ3n) is 17.6. The second-order valence-electron chi connectivity index (χ2n) is 25.4. The van der Waals surface area contributed by atoms with Gasteiger partial charge >= 0.3 is 5.97 Å². The zero-order chi connectivity index (χ0) is 79.3. The molecule has 0 fully saturated rings. The van der Waals surface area contributed by atoms with Crippen molar-refractivity contribution in [3.8, 4) is 17.2 Å².